The fourth-order valence-electron chi connectivity index (χ4n) is 2.92. The summed E-state index contributed by atoms with van der Waals surface area (Å²) in [5.74, 6) is -0.405. The van der Waals surface area contributed by atoms with Crippen molar-refractivity contribution < 1.29 is 9.63 Å². The van der Waals surface area contributed by atoms with Crippen molar-refractivity contribution in [3.05, 3.63) is 35.9 Å². The number of hydrogen-bond acceptors (Lipinski definition) is 4. The maximum atomic E-state index is 11.9. The van der Waals surface area contributed by atoms with Crippen LogP contribution in [-0.4, -0.2) is 34.7 Å². The number of benzene rings is 1. The van der Waals surface area contributed by atoms with Gasteiger partial charge in [0, 0.05) is 23.9 Å². The minimum absolute atomic E-state index is 0. The summed E-state index contributed by atoms with van der Waals surface area (Å²) < 4.78 is 0. The predicted octanol–water partition coefficient (Wildman–Crippen LogP) is 3.90. The van der Waals surface area contributed by atoms with Crippen LogP contribution in [0.4, 0.5) is 0 Å². The van der Waals surface area contributed by atoms with Gasteiger partial charge in [-0.2, -0.15) is 0 Å². The average molecular weight is 325 g/mol. The zero-order valence-electron chi connectivity index (χ0n) is 13.9. The molecule has 0 aromatic heterocycles. The largest absolute Gasteiger partial charge is 0.365 e. The molecule has 0 unspecified atom stereocenters. The van der Waals surface area contributed by atoms with Gasteiger partial charge in [0.15, 0.2) is 0 Å². The average Bonchev–Trinajstić information content (AvgIpc) is 2.42. The highest BCUT2D eigenvalue weighted by Gasteiger charge is 2.41. The van der Waals surface area contributed by atoms with Crippen LogP contribution in [0.1, 0.15) is 50.9 Å². The van der Waals surface area contributed by atoms with Crippen molar-refractivity contribution in [2.45, 2.75) is 51.6 Å². The number of carbonyl (C=O) groups excluding carboxylic acids is 1. The van der Waals surface area contributed by atoms with E-state index in [1.807, 2.05) is 18.2 Å². The third kappa shape index (κ3) is 4.08. The number of nitrogens with zero attached hydrogens (tertiary/aromatic N) is 2. The van der Waals surface area contributed by atoms with Crippen LogP contribution in [0.5, 0.6) is 0 Å². The number of carbonyl (C=O) groups is 1. The third-order valence-electron chi connectivity index (χ3n) is 4.36. The first-order chi connectivity index (χ1) is 9.72. The molecular formula is C17H25ClN2O2. The molecule has 5 heteroatoms. The molecule has 1 aliphatic heterocycles. The summed E-state index contributed by atoms with van der Waals surface area (Å²) in [5.41, 5.74) is 1.46. The number of likely N-dealkylation sites (tertiary alicyclic amines) is 1. The van der Waals surface area contributed by atoms with Gasteiger partial charge in [0.25, 0.3) is 0 Å². The molecule has 1 aromatic carbocycles. The van der Waals surface area contributed by atoms with Crippen molar-refractivity contribution in [3.8, 4) is 0 Å². The molecule has 0 amide bonds. The molecule has 0 spiro atoms. The lowest BCUT2D eigenvalue weighted by atomic mass is 9.79. The third-order valence-corrected chi connectivity index (χ3v) is 4.36. The van der Waals surface area contributed by atoms with Gasteiger partial charge >= 0.3 is 5.97 Å². The molecule has 1 aliphatic rings. The van der Waals surface area contributed by atoms with Gasteiger partial charge in [0.2, 0.25) is 0 Å². The Morgan fingerprint density at radius 1 is 1.09 bits per heavy atom. The van der Waals surface area contributed by atoms with Gasteiger partial charge < -0.3 is 4.84 Å². The van der Waals surface area contributed by atoms with Crippen LogP contribution in [0.3, 0.4) is 0 Å². The Morgan fingerprint density at radius 3 is 2.09 bits per heavy atom. The van der Waals surface area contributed by atoms with Crippen LogP contribution < -0.4 is 0 Å². The number of hydrogen-bond donors (Lipinski definition) is 0. The monoisotopic (exact) mass is 324 g/mol. The molecule has 2 rings (SSSR count). The Kier molecular flexibility index (Phi) is 5.76. The van der Waals surface area contributed by atoms with Gasteiger partial charge in [-0.1, -0.05) is 23.4 Å². The van der Waals surface area contributed by atoms with Crippen LogP contribution >= 0.6 is 12.4 Å². The second-order valence-electron chi connectivity index (χ2n) is 6.94. The molecule has 4 nitrogen and oxygen atoms in total. The van der Waals surface area contributed by atoms with Crippen LogP contribution in [0.25, 0.3) is 0 Å². The minimum Gasteiger partial charge on any atom is -0.313 e. The van der Waals surface area contributed by atoms with Gasteiger partial charge in [-0.25, -0.2) is 4.79 Å². The Balaban J connectivity index is 0.00000242. The van der Waals surface area contributed by atoms with Crippen molar-refractivity contribution in [1.29, 1.82) is 0 Å². The standard InChI is InChI=1S/C17H24N2O2.ClH/c1-16(2)11-14(12-17(3,4)19(16)5)18-21-15(20)13-9-7-6-8-10-13;/h6-10H,11-12H2,1-5H3;1H. The molecule has 1 fully saturated rings. The van der Waals surface area contributed by atoms with Gasteiger partial charge in [-0.3, -0.25) is 4.90 Å². The first kappa shape index (κ1) is 18.7. The zero-order valence-corrected chi connectivity index (χ0v) is 14.7. The summed E-state index contributed by atoms with van der Waals surface area (Å²) in [6.07, 6.45) is 1.60. The molecular weight excluding hydrogens is 300 g/mol. The van der Waals surface area contributed by atoms with E-state index in [4.69, 9.17) is 4.84 Å². The highest BCUT2D eigenvalue weighted by atomic mass is 35.5. The Labute approximate surface area is 138 Å². The van der Waals surface area contributed by atoms with Crippen molar-refractivity contribution in [2.24, 2.45) is 5.16 Å². The second-order valence-corrected chi connectivity index (χ2v) is 6.94. The molecule has 0 saturated carbocycles. The van der Waals surface area contributed by atoms with Crippen LogP contribution in [0.15, 0.2) is 35.5 Å². The van der Waals surface area contributed by atoms with Crippen LogP contribution in [0, 0.1) is 0 Å². The molecule has 0 radical (unpaired) electrons. The van der Waals surface area contributed by atoms with E-state index in [0.717, 1.165) is 18.6 Å². The molecule has 1 aromatic rings. The lowest BCUT2D eigenvalue weighted by molar-refractivity contribution is 0.0322. The number of halogens is 1. The summed E-state index contributed by atoms with van der Waals surface area (Å²) in [4.78, 5) is 19.4. The smallest absolute Gasteiger partial charge is 0.313 e. The molecule has 22 heavy (non-hydrogen) atoms. The highest BCUT2D eigenvalue weighted by molar-refractivity contribution is 5.91. The number of rotatable bonds is 2. The first-order valence-electron chi connectivity index (χ1n) is 7.28. The molecule has 0 bridgehead atoms. The maximum Gasteiger partial charge on any atom is 0.365 e. The molecule has 1 heterocycles. The SMILES string of the molecule is CN1C(C)(C)CC(=NOC(=O)c2ccccc2)CC1(C)C.Cl. The van der Waals surface area contributed by atoms with Gasteiger partial charge in [-0.15, -0.1) is 12.4 Å². The topological polar surface area (TPSA) is 41.9 Å². The van der Waals surface area contributed by atoms with E-state index in [1.165, 1.54) is 0 Å². The number of oxime groups is 1. The predicted molar refractivity (Wildman–Crippen MR) is 91.7 cm³/mol. The summed E-state index contributed by atoms with van der Waals surface area (Å²) in [6, 6.07) is 8.94. The van der Waals surface area contributed by atoms with Crippen molar-refractivity contribution >= 4 is 24.1 Å². The summed E-state index contributed by atoms with van der Waals surface area (Å²) in [5, 5.41) is 4.13. The van der Waals surface area contributed by atoms with E-state index < -0.39 is 5.97 Å². The van der Waals surface area contributed by atoms with Crippen molar-refractivity contribution in [2.75, 3.05) is 7.05 Å². The van der Waals surface area contributed by atoms with E-state index in [2.05, 4.69) is 44.8 Å². The Hall–Kier alpha value is -1.39. The van der Waals surface area contributed by atoms with Crippen molar-refractivity contribution in [3.63, 3.8) is 0 Å². The van der Waals surface area contributed by atoms with Crippen molar-refractivity contribution in [1.82, 2.24) is 4.90 Å². The lowest BCUT2D eigenvalue weighted by Crippen LogP contribution is -2.58. The van der Waals surface area contributed by atoms with E-state index in [9.17, 15) is 4.79 Å². The fourth-order valence-corrected chi connectivity index (χ4v) is 2.92. The fraction of sp³-hybridized carbons (Fsp3) is 0.529. The lowest BCUT2D eigenvalue weighted by Gasteiger charge is -2.50. The van der Waals surface area contributed by atoms with E-state index in [1.54, 1.807) is 12.1 Å². The molecule has 0 atom stereocenters. The zero-order chi connectivity index (χ0) is 15.7. The minimum atomic E-state index is -0.405. The summed E-state index contributed by atoms with van der Waals surface area (Å²) in [6.45, 7) is 8.73. The van der Waals surface area contributed by atoms with Gasteiger partial charge in [0.05, 0.1) is 11.3 Å². The maximum absolute atomic E-state index is 11.9. The first-order valence-corrected chi connectivity index (χ1v) is 7.28. The molecule has 0 N–H and O–H groups in total. The van der Waals surface area contributed by atoms with Gasteiger partial charge in [0.1, 0.15) is 0 Å². The van der Waals surface area contributed by atoms with E-state index in [-0.39, 0.29) is 23.5 Å². The van der Waals surface area contributed by atoms with E-state index in [0.29, 0.717) is 5.56 Å². The highest BCUT2D eigenvalue weighted by Crippen LogP contribution is 2.35. The normalized spacial score (nSPS) is 20.0. The molecule has 1 saturated heterocycles. The van der Waals surface area contributed by atoms with E-state index >= 15 is 0 Å². The van der Waals surface area contributed by atoms with Crippen LogP contribution in [-0.2, 0) is 4.84 Å². The number of piperidine rings is 1. The molecule has 122 valence electrons. The Bertz CT molecular complexity index is 533. The molecule has 0 aliphatic carbocycles. The van der Waals surface area contributed by atoms with Crippen LogP contribution in [0.2, 0.25) is 0 Å². The second kappa shape index (κ2) is 6.80. The summed E-state index contributed by atoms with van der Waals surface area (Å²) >= 11 is 0. The Morgan fingerprint density at radius 2 is 1.59 bits per heavy atom. The summed E-state index contributed by atoms with van der Waals surface area (Å²) in [7, 11) is 2.13. The van der Waals surface area contributed by atoms with Gasteiger partial charge in [-0.05, 0) is 46.9 Å². The quantitative estimate of drug-likeness (QED) is 0.612.